The Morgan fingerprint density at radius 3 is 2.32 bits per heavy atom. The van der Waals surface area contributed by atoms with E-state index in [0.29, 0.717) is 32.7 Å². The summed E-state index contributed by atoms with van der Waals surface area (Å²) in [7, 11) is -2.21. The molecule has 0 unspecified atom stereocenters. The van der Waals surface area contributed by atoms with Crippen LogP contribution in [0.25, 0.3) is 22.0 Å². The summed E-state index contributed by atoms with van der Waals surface area (Å²) in [5.74, 6) is 0.549. The summed E-state index contributed by atoms with van der Waals surface area (Å²) in [6, 6.07) is 18.1. The molecule has 31 heavy (non-hydrogen) atoms. The van der Waals surface area contributed by atoms with E-state index < -0.39 is 10.0 Å². The fourth-order valence-electron chi connectivity index (χ4n) is 3.27. The molecule has 158 valence electrons. The van der Waals surface area contributed by atoms with Gasteiger partial charge in [0, 0.05) is 22.0 Å². The maximum absolute atomic E-state index is 12.4. The van der Waals surface area contributed by atoms with Crippen LogP contribution in [0.2, 0.25) is 10.0 Å². The SMILES string of the molecule is CNS(=O)(=O)c1cc(-c2nnc(Nc3ccc(Cl)c(Cl)c3)c3ccccc23)ccc1C. The lowest BCUT2D eigenvalue weighted by Crippen LogP contribution is -2.19. The molecule has 0 spiro atoms. The minimum Gasteiger partial charge on any atom is -0.338 e. The first-order valence-electron chi connectivity index (χ1n) is 9.32. The molecule has 9 heteroatoms. The van der Waals surface area contributed by atoms with E-state index in [2.05, 4.69) is 20.2 Å². The number of aryl methyl sites for hydroxylation is 1. The van der Waals surface area contributed by atoms with Gasteiger partial charge < -0.3 is 5.32 Å². The molecule has 1 aromatic heterocycles. The Labute approximate surface area is 190 Å². The molecule has 3 aromatic carbocycles. The Hall–Kier alpha value is -2.71. The van der Waals surface area contributed by atoms with Gasteiger partial charge in [-0.2, -0.15) is 0 Å². The predicted molar refractivity (Wildman–Crippen MR) is 126 cm³/mol. The van der Waals surface area contributed by atoms with Gasteiger partial charge in [0.1, 0.15) is 5.69 Å². The first-order chi connectivity index (χ1) is 14.8. The van der Waals surface area contributed by atoms with E-state index in [1.54, 1.807) is 37.3 Å². The highest BCUT2D eigenvalue weighted by molar-refractivity contribution is 7.89. The van der Waals surface area contributed by atoms with E-state index in [1.165, 1.54) is 7.05 Å². The third-order valence-corrected chi connectivity index (χ3v) is 7.18. The number of hydrogen-bond acceptors (Lipinski definition) is 5. The summed E-state index contributed by atoms with van der Waals surface area (Å²) in [6.45, 7) is 1.75. The summed E-state index contributed by atoms with van der Waals surface area (Å²) in [6.07, 6.45) is 0. The maximum atomic E-state index is 12.4. The first kappa shape index (κ1) is 21.5. The molecular weight excluding hydrogens is 455 g/mol. The van der Waals surface area contributed by atoms with E-state index in [-0.39, 0.29) is 4.90 Å². The van der Waals surface area contributed by atoms with Crippen LogP contribution in [0.1, 0.15) is 5.56 Å². The van der Waals surface area contributed by atoms with Crippen molar-refractivity contribution in [3.05, 3.63) is 76.3 Å². The molecule has 0 amide bonds. The van der Waals surface area contributed by atoms with Crippen LogP contribution < -0.4 is 10.0 Å². The summed E-state index contributed by atoms with van der Waals surface area (Å²) in [5.41, 5.74) is 2.61. The Balaban J connectivity index is 1.84. The molecule has 0 fully saturated rings. The molecule has 0 saturated carbocycles. The van der Waals surface area contributed by atoms with Crippen LogP contribution in [0.5, 0.6) is 0 Å². The lowest BCUT2D eigenvalue weighted by atomic mass is 10.0. The van der Waals surface area contributed by atoms with Crippen molar-refractivity contribution in [1.29, 1.82) is 0 Å². The Morgan fingerprint density at radius 1 is 0.871 bits per heavy atom. The number of fused-ring (bicyclic) bond motifs is 1. The molecule has 0 aliphatic rings. The normalized spacial score (nSPS) is 11.6. The molecular formula is C22H18Cl2N4O2S. The van der Waals surface area contributed by atoms with E-state index in [1.807, 2.05) is 30.3 Å². The molecule has 4 rings (SSSR count). The number of anilines is 2. The van der Waals surface area contributed by atoms with Crippen molar-refractivity contribution in [3.63, 3.8) is 0 Å². The van der Waals surface area contributed by atoms with Crippen LogP contribution in [0.3, 0.4) is 0 Å². The molecule has 0 aliphatic carbocycles. The number of rotatable bonds is 5. The van der Waals surface area contributed by atoms with E-state index >= 15 is 0 Å². The molecule has 4 aromatic rings. The summed E-state index contributed by atoms with van der Waals surface area (Å²) >= 11 is 12.1. The van der Waals surface area contributed by atoms with Crippen LogP contribution in [-0.2, 0) is 10.0 Å². The van der Waals surface area contributed by atoms with Gasteiger partial charge in [-0.05, 0) is 43.8 Å². The van der Waals surface area contributed by atoms with Crippen molar-refractivity contribution < 1.29 is 8.42 Å². The second-order valence-corrected chi connectivity index (χ2v) is 9.55. The van der Waals surface area contributed by atoms with Gasteiger partial charge in [-0.1, -0.05) is 59.6 Å². The van der Waals surface area contributed by atoms with Gasteiger partial charge >= 0.3 is 0 Å². The average Bonchev–Trinajstić information content (AvgIpc) is 2.77. The zero-order chi connectivity index (χ0) is 22.2. The largest absolute Gasteiger partial charge is 0.338 e. The van der Waals surface area contributed by atoms with Gasteiger partial charge in [0.05, 0.1) is 14.9 Å². The minimum absolute atomic E-state index is 0.205. The van der Waals surface area contributed by atoms with Gasteiger partial charge in [0.25, 0.3) is 0 Å². The van der Waals surface area contributed by atoms with Gasteiger partial charge in [-0.3, -0.25) is 0 Å². The molecule has 6 nitrogen and oxygen atoms in total. The van der Waals surface area contributed by atoms with E-state index in [9.17, 15) is 8.42 Å². The van der Waals surface area contributed by atoms with Gasteiger partial charge in [-0.25, -0.2) is 13.1 Å². The van der Waals surface area contributed by atoms with Crippen molar-refractivity contribution in [2.45, 2.75) is 11.8 Å². The molecule has 0 radical (unpaired) electrons. The first-order valence-corrected chi connectivity index (χ1v) is 11.6. The molecule has 0 atom stereocenters. The minimum atomic E-state index is -3.60. The topological polar surface area (TPSA) is 84.0 Å². The molecule has 0 saturated heterocycles. The van der Waals surface area contributed by atoms with E-state index in [0.717, 1.165) is 16.5 Å². The van der Waals surface area contributed by atoms with Crippen molar-refractivity contribution in [3.8, 4) is 11.3 Å². The second kappa shape index (κ2) is 8.43. The monoisotopic (exact) mass is 472 g/mol. The van der Waals surface area contributed by atoms with Crippen molar-refractivity contribution in [2.24, 2.45) is 0 Å². The zero-order valence-electron chi connectivity index (χ0n) is 16.6. The highest BCUT2D eigenvalue weighted by atomic mass is 35.5. The average molecular weight is 473 g/mol. The maximum Gasteiger partial charge on any atom is 0.240 e. The highest BCUT2D eigenvalue weighted by Crippen LogP contribution is 2.33. The zero-order valence-corrected chi connectivity index (χ0v) is 19.0. The number of nitrogens with zero attached hydrogens (tertiary/aromatic N) is 2. The van der Waals surface area contributed by atoms with Gasteiger partial charge in [-0.15, -0.1) is 10.2 Å². The summed E-state index contributed by atoms with van der Waals surface area (Å²) < 4.78 is 27.2. The smallest absolute Gasteiger partial charge is 0.240 e. The predicted octanol–water partition coefficient (Wildman–Crippen LogP) is 5.56. The van der Waals surface area contributed by atoms with Crippen LogP contribution in [0.15, 0.2) is 65.6 Å². The molecule has 1 heterocycles. The quantitative estimate of drug-likeness (QED) is 0.396. The third-order valence-electron chi connectivity index (χ3n) is 4.89. The Morgan fingerprint density at radius 2 is 1.61 bits per heavy atom. The number of sulfonamides is 1. The van der Waals surface area contributed by atoms with Crippen LogP contribution in [0, 0.1) is 6.92 Å². The second-order valence-electron chi connectivity index (χ2n) is 6.88. The van der Waals surface area contributed by atoms with Crippen LogP contribution >= 0.6 is 23.2 Å². The molecule has 0 bridgehead atoms. The third kappa shape index (κ3) is 4.22. The van der Waals surface area contributed by atoms with Crippen molar-refractivity contribution in [1.82, 2.24) is 14.9 Å². The molecule has 0 aliphatic heterocycles. The lowest BCUT2D eigenvalue weighted by Gasteiger charge is -2.13. The number of halogens is 2. The lowest BCUT2D eigenvalue weighted by molar-refractivity contribution is 0.587. The summed E-state index contributed by atoms with van der Waals surface area (Å²) in [5, 5.41) is 14.5. The number of nitrogens with one attached hydrogen (secondary N) is 2. The van der Waals surface area contributed by atoms with Crippen molar-refractivity contribution in [2.75, 3.05) is 12.4 Å². The summed E-state index contributed by atoms with van der Waals surface area (Å²) in [4.78, 5) is 0.205. The fraction of sp³-hybridized carbons (Fsp3) is 0.0909. The van der Waals surface area contributed by atoms with Gasteiger partial charge in [0.2, 0.25) is 10.0 Å². The fourth-order valence-corrected chi connectivity index (χ4v) is 4.56. The van der Waals surface area contributed by atoms with Crippen molar-refractivity contribution >= 4 is 55.5 Å². The standard InChI is InChI=1S/C22H18Cl2N4O2S/c1-13-7-8-14(11-20(13)31(29,30)25-2)21-16-5-3-4-6-17(16)22(28-27-21)26-15-9-10-18(23)19(24)12-15/h3-12,25H,1-2H3,(H,26,28). The number of benzene rings is 3. The Kier molecular flexibility index (Phi) is 5.85. The number of hydrogen-bond donors (Lipinski definition) is 2. The van der Waals surface area contributed by atoms with E-state index in [4.69, 9.17) is 23.2 Å². The molecule has 2 N–H and O–H groups in total. The Bertz CT molecular complexity index is 1410. The highest BCUT2D eigenvalue weighted by Gasteiger charge is 2.18. The van der Waals surface area contributed by atoms with Crippen LogP contribution in [-0.4, -0.2) is 25.7 Å². The number of aromatic nitrogens is 2. The van der Waals surface area contributed by atoms with Gasteiger partial charge in [0.15, 0.2) is 5.82 Å². The van der Waals surface area contributed by atoms with Crippen LogP contribution in [0.4, 0.5) is 11.5 Å².